The normalized spacial score (nSPS) is 15.7. The van der Waals surface area contributed by atoms with Crippen LogP contribution in [-0.4, -0.2) is 63.6 Å². The summed E-state index contributed by atoms with van der Waals surface area (Å²) in [6, 6.07) is 9.24. The number of esters is 1. The van der Waals surface area contributed by atoms with E-state index < -0.39 is 24.3 Å². The highest BCUT2D eigenvalue weighted by molar-refractivity contribution is 5.95. The van der Waals surface area contributed by atoms with Gasteiger partial charge in [0.05, 0.1) is 45.3 Å². The molecule has 0 aliphatic carbocycles. The topological polar surface area (TPSA) is 149 Å². The van der Waals surface area contributed by atoms with E-state index in [9.17, 15) is 14.7 Å². The monoisotopic (exact) mass is 570 g/mol. The smallest absolute Gasteiger partial charge is 0.337 e. The minimum absolute atomic E-state index is 0.140. The Labute approximate surface area is 239 Å². The van der Waals surface area contributed by atoms with Gasteiger partial charge in [-0.3, -0.25) is 5.43 Å². The zero-order chi connectivity index (χ0) is 29.9. The number of amides is 2. The fourth-order valence-electron chi connectivity index (χ4n) is 3.96. The second-order valence-electron chi connectivity index (χ2n) is 9.53. The van der Waals surface area contributed by atoms with Crippen molar-refractivity contribution in [2.24, 2.45) is 11.0 Å². The molecule has 12 nitrogen and oxygen atoms in total. The summed E-state index contributed by atoms with van der Waals surface area (Å²) in [5, 5.41) is 19.8. The van der Waals surface area contributed by atoms with Gasteiger partial charge in [-0.2, -0.15) is 5.10 Å². The molecule has 1 aliphatic rings. The number of rotatable bonds is 14. The third-order valence-electron chi connectivity index (χ3n) is 5.87. The molecule has 4 N–H and O–H groups in total. The molecule has 2 atom stereocenters. The zero-order valence-electron chi connectivity index (χ0n) is 24.1. The number of allylic oxidation sites excluding steroid dienone is 1. The fourth-order valence-corrected chi connectivity index (χ4v) is 3.96. The number of nitrogens with one attached hydrogen (secondary N) is 3. The van der Waals surface area contributed by atoms with E-state index in [1.54, 1.807) is 44.5 Å². The van der Waals surface area contributed by atoms with Crippen LogP contribution in [0.4, 0.5) is 4.79 Å². The van der Waals surface area contributed by atoms with Crippen molar-refractivity contribution in [2.45, 2.75) is 40.0 Å². The first-order valence-corrected chi connectivity index (χ1v) is 13.2. The fraction of sp³-hybridized carbons (Fsp3) is 0.414. The van der Waals surface area contributed by atoms with Crippen LogP contribution in [-0.2, 0) is 9.53 Å². The van der Waals surface area contributed by atoms with Crippen LogP contribution in [0.1, 0.15) is 44.9 Å². The highest BCUT2D eigenvalue weighted by Crippen LogP contribution is 2.35. The van der Waals surface area contributed by atoms with Gasteiger partial charge < -0.3 is 39.4 Å². The lowest BCUT2D eigenvalue weighted by molar-refractivity contribution is -0.136. The first-order chi connectivity index (χ1) is 19.7. The van der Waals surface area contributed by atoms with Crippen LogP contribution in [0.5, 0.6) is 23.0 Å². The third-order valence-corrected chi connectivity index (χ3v) is 5.87. The highest BCUT2D eigenvalue weighted by Gasteiger charge is 2.32. The number of carbonyl (C=O) groups excluding carboxylic acids is 2. The summed E-state index contributed by atoms with van der Waals surface area (Å²) >= 11 is 0. The van der Waals surface area contributed by atoms with Crippen molar-refractivity contribution < 1.29 is 38.4 Å². The zero-order valence-corrected chi connectivity index (χ0v) is 24.1. The number of hydrogen-bond acceptors (Lipinski definition) is 10. The van der Waals surface area contributed by atoms with Crippen LogP contribution < -0.4 is 35.0 Å². The Morgan fingerprint density at radius 3 is 2.44 bits per heavy atom. The van der Waals surface area contributed by atoms with E-state index in [-0.39, 0.29) is 12.2 Å². The summed E-state index contributed by atoms with van der Waals surface area (Å²) in [5.74, 6) is 1.78. The summed E-state index contributed by atoms with van der Waals surface area (Å²) in [6.07, 6.45) is 0.413. The predicted molar refractivity (Wildman–Crippen MR) is 152 cm³/mol. The van der Waals surface area contributed by atoms with Gasteiger partial charge in [0.1, 0.15) is 6.61 Å². The predicted octanol–water partition coefficient (Wildman–Crippen LogP) is 3.25. The summed E-state index contributed by atoms with van der Waals surface area (Å²) in [7, 11) is 2.84. The van der Waals surface area contributed by atoms with Crippen LogP contribution in [0.2, 0.25) is 0 Å². The summed E-state index contributed by atoms with van der Waals surface area (Å²) in [5.41, 5.74) is 4.62. The number of aliphatic hydroxyl groups is 1. The number of hydrogen-bond donors (Lipinski definition) is 4. The average Bonchev–Trinajstić information content (AvgIpc) is 2.95. The van der Waals surface area contributed by atoms with Gasteiger partial charge >= 0.3 is 12.0 Å². The minimum atomic E-state index is -1.13. The number of hydrazone groups is 1. The van der Waals surface area contributed by atoms with Gasteiger partial charge in [0.25, 0.3) is 0 Å². The summed E-state index contributed by atoms with van der Waals surface area (Å²) in [6.45, 7) is 8.35. The van der Waals surface area contributed by atoms with E-state index in [1.165, 1.54) is 7.11 Å². The Hall–Kier alpha value is -4.45. The Balaban J connectivity index is 1.65. The number of carbonyl (C=O) groups is 2. The van der Waals surface area contributed by atoms with E-state index in [0.29, 0.717) is 53.4 Å². The number of aliphatic hydroxyl groups excluding tert-OH is 1. The van der Waals surface area contributed by atoms with Gasteiger partial charge in [0.2, 0.25) is 0 Å². The highest BCUT2D eigenvalue weighted by atomic mass is 16.5. The minimum Gasteiger partial charge on any atom is -0.493 e. The molecular formula is C29H38N4O8. The van der Waals surface area contributed by atoms with Crippen molar-refractivity contribution in [3.8, 4) is 23.0 Å². The molecule has 0 radical (unpaired) electrons. The number of ether oxygens (including phenoxy) is 5. The standard InChI is InChI=1S/C29H38N4O8/c1-7-39-24-13-20(27-26(28(35)38-6)18(4)31-29(36)32-27)9-11-22(24)41-16-25(34)33-30-14-19-8-10-21(23(12-19)37-5)40-15-17(2)3/h8-14,17,25,27,33-34H,7,15-16H2,1-6H3,(H2,31,32,36)/b30-14-/t25-,27+/m0/s1. The largest absolute Gasteiger partial charge is 0.493 e. The molecule has 0 spiro atoms. The van der Waals surface area contributed by atoms with Crippen molar-refractivity contribution in [1.29, 1.82) is 0 Å². The molecule has 1 heterocycles. The van der Waals surface area contributed by atoms with Crippen molar-refractivity contribution in [3.05, 3.63) is 58.8 Å². The molecule has 41 heavy (non-hydrogen) atoms. The van der Waals surface area contributed by atoms with Crippen LogP contribution in [0.3, 0.4) is 0 Å². The van der Waals surface area contributed by atoms with Gasteiger partial charge in [0.15, 0.2) is 29.2 Å². The average molecular weight is 571 g/mol. The van der Waals surface area contributed by atoms with Gasteiger partial charge in [-0.25, -0.2) is 9.59 Å². The van der Waals surface area contributed by atoms with E-state index >= 15 is 0 Å². The number of urea groups is 1. The SMILES string of the molecule is CCOc1cc([C@H]2NC(=O)NC(C)=C2C(=O)OC)ccc1OC[C@H](O)N/N=C\c1ccc(OCC(C)C)c(OC)c1. The molecule has 0 unspecified atom stereocenters. The molecule has 0 saturated heterocycles. The van der Waals surface area contributed by atoms with E-state index in [1.807, 2.05) is 19.1 Å². The van der Waals surface area contributed by atoms with Gasteiger partial charge in [-0.15, -0.1) is 0 Å². The maximum Gasteiger partial charge on any atom is 0.337 e. The summed E-state index contributed by atoms with van der Waals surface area (Å²) < 4.78 is 27.6. The molecule has 0 aromatic heterocycles. The van der Waals surface area contributed by atoms with Crippen LogP contribution >= 0.6 is 0 Å². The molecule has 3 rings (SSSR count). The lowest BCUT2D eigenvalue weighted by atomic mass is 9.95. The van der Waals surface area contributed by atoms with Crippen LogP contribution in [0.15, 0.2) is 52.8 Å². The Bertz CT molecular complexity index is 1280. The van der Waals surface area contributed by atoms with E-state index in [4.69, 9.17) is 23.7 Å². The molecule has 0 fully saturated rings. The molecule has 222 valence electrons. The molecule has 1 aliphatic heterocycles. The summed E-state index contributed by atoms with van der Waals surface area (Å²) in [4.78, 5) is 24.5. The number of methoxy groups -OCH3 is 2. The van der Waals surface area contributed by atoms with Gasteiger partial charge in [-0.1, -0.05) is 19.9 Å². The van der Waals surface area contributed by atoms with Gasteiger partial charge in [0, 0.05) is 5.70 Å². The molecule has 12 heteroatoms. The first kappa shape index (κ1) is 31.1. The molecule has 2 aromatic rings. The lowest BCUT2D eigenvalue weighted by Crippen LogP contribution is -2.45. The Kier molecular flexibility index (Phi) is 11.2. The lowest BCUT2D eigenvalue weighted by Gasteiger charge is -2.28. The maximum absolute atomic E-state index is 12.4. The van der Waals surface area contributed by atoms with Crippen LogP contribution in [0.25, 0.3) is 0 Å². The molecule has 2 amide bonds. The first-order valence-electron chi connectivity index (χ1n) is 13.2. The molecule has 0 bridgehead atoms. The number of benzene rings is 2. The second kappa shape index (κ2) is 14.8. The Morgan fingerprint density at radius 1 is 1.05 bits per heavy atom. The quantitative estimate of drug-likeness (QED) is 0.116. The van der Waals surface area contributed by atoms with Gasteiger partial charge in [-0.05, 0) is 61.2 Å². The number of nitrogens with zero attached hydrogens (tertiary/aromatic N) is 1. The molecule has 2 aromatic carbocycles. The Morgan fingerprint density at radius 2 is 1.76 bits per heavy atom. The van der Waals surface area contributed by atoms with Crippen molar-refractivity contribution >= 4 is 18.2 Å². The molecule has 0 saturated carbocycles. The van der Waals surface area contributed by atoms with E-state index in [2.05, 4.69) is 35.0 Å². The third kappa shape index (κ3) is 8.52. The van der Waals surface area contributed by atoms with Crippen molar-refractivity contribution in [3.63, 3.8) is 0 Å². The van der Waals surface area contributed by atoms with Crippen molar-refractivity contribution in [2.75, 3.05) is 34.0 Å². The van der Waals surface area contributed by atoms with E-state index in [0.717, 1.165) is 5.56 Å². The molecular weight excluding hydrogens is 532 g/mol. The second-order valence-corrected chi connectivity index (χ2v) is 9.53. The maximum atomic E-state index is 12.4. The van der Waals surface area contributed by atoms with Crippen molar-refractivity contribution in [1.82, 2.24) is 16.1 Å². The van der Waals surface area contributed by atoms with Crippen LogP contribution in [0, 0.1) is 5.92 Å².